The van der Waals surface area contributed by atoms with Crippen molar-refractivity contribution in [2.75, 3.05) is 6.54 Å². The number of aliphatic hydroxyl groups is 1. The summed E-state index contributed by atoms with van der Waals surface area (Å²) in [5.41, 5.74) is 5.58. The van der Waals surface area contributed by atoms with Gasteiger partial charge in [-0.1, -0.05) is 17.7 Å². The lowest BCUT2D eigenvalue weighted by Crippen LogP contribution is -2.30. The quantitative estimate of drug-likeness (QED) is 0.875. The van der Waals surface area contributed by atoms with Gasteiger partial charge in [-0.2, -0.15) is 0 Å². The van der Waals surface area contributed by atoms with Gasteiger partial charge in [0.2, 0.25) is 0 Å². The van der Waals surface area contributed by atoms with Gasteiger partial charge in [0.15, 0.2) is 0 Å². The van der Waals surface area contributed by atoms with Gasteiger partial charge in [-0.3, -0.25) is 0 Å². The Hall–Kier alpha value is -0.860. The van der Waals surface area contributed by atoms with Gasteiger partial charge in [-0.15, -0.1) is 0 Å². The van der Waals surface area contributed by atoms with Crippen LogP contribution in [-0.2, 0) is 0 Å². The summed E-state index contributed by atoms with van der Waals surface area (Å²) in [5, 5.41) is 13.3. The molecule has 1 atom stereocenters. The van der Waals surface area contributed by atoms with Gasteiger partial charge in [0.25, 0.3) is 0 Å². The van der Waals surface area contributed by atoms with Crippen LogP contribution in [0.1, 0.15) is 60.9 Å². The molecule has 0 bridgehead atoms. The number of aliphatic hydroxyl groups excluding tert-OH is 1. The minimum Gasteiger partial charge on any atom is -0.393 e. The Morgan fingerprint density at radius 2 is 1.65 bits per heavy atom. The van der Waals surface area contributed by atoms with Crippen LogP contribution in [0.4, 0.5) is 0 Å². The third kappa shape index (κ3) is 3.83. The monoisotopic (exact) mass is 275 g/mol. The molecule has 2 nitrogen and oxygen atoms in total. The molecule has 1 aromatic rings. The first kappa shape index (κ1) is 15.5. The van der Waals surface area contributed by atoms with E-state index >= 15 is 0 Å². The number of rotatable bonds is 4. The van der Waals surface area contributed by atoms with Crippen LogP contribution in [0.25, 0.3) is 0 Å². The van der Waals surface area contributed by atoms with Crippen LogP contribution in [0.5, 0.6) is 0 Å². The Balaban J connectivity index is 1.93. The number of nitrogens with one attached hydrogen (secondary N) is 1. The molecule has 0 aliphatic heterocycles. The molecule has 1 aromatic carbocycles. The molecule has 0 saturated heterocycles. The van der Waals surface area contributed by atoms with E-state index in [9.17, 15) is 5.11 Å². The molecule has 1 aliphatic rings. The molecule has 0 radical (unpaired) electrons. The molecule has 1 unspecified atom stereocenters. The normalized spacial score (nSPS) is 24.6. The maximum Gasteiger partial charge on any atom is 0.0540 e. The summed E-state index contributed by atoms with van der Waals surface area (Å²) < 4.78 is 0. The minimum absolute atomic E-state index is 0.0507. The molecule has 2 rings (SSSR count). The van der Waals surface area contributed by atoms with E-state index in [1.165, 1.54) is 22.3 Å². The smallest absolute Gasteiger partial charge is 0.0540 e. The lowest BCUT2D eigenvalue weighted by atomic mass is 9.87. The van der Waals surface area contributed by atoms with Crippen molar-refractivity contribution >= 4 is 0 Å². The van der Waals surface area contributed by atoms with Crippen LogP contribution < -0.4 is 5.32 Å². The van der Waals surface area contributed by atoms with E-state index in [4.69, 9.17) is 0 Å². The lowest BCUT2D eigenvalue weighted by molar-refractivity contribution is 0.108. The highest BCUT2D eigenvalue weighted by Gasteiger charge is 2.20. The van der Waals surface area contributed by atoms with Gasteiger partial charge in [0.05, 0.1) is 6.10 Å². The average Bonchev–Trinajstić information content (AvgIpc) is 2.37. The zero-order chi connectivity index (χ0) is 14.7. The summed E-state index contributed by atoms with van der Waals surface area (Å²) >= 11 is 0. The fourth-order valence-electron chi connectivity index (χ4n) is 3.67. The second kappa shape index (κ2) is 6.73. The van der Waals surface area contributed by atoms with Crippen LogP contribution in [0, 0.1) is 26.7 Å². The first-order valence-corrected chi connectivity index (χ1v) is 7.96. The number of benzene rings is 1. The van der Waals surface area contributed by atoms with E-state index in [0.29, 0.717) is 6.04 Å². The Bertz CT molecular complexity index is 424. The molecular weight excluding hydrogens is 246 g/mol. The van der Waals surface area contributed by atoms with Gasteiger partial charge in [-0.25, -0.2) is 0 Å². The molecule has 2 heteroatoms. The predicted octanol–water partition coefficient (Wildman–Crippen LogP) is 3.81. The Labute approximate surface area is 123 Å². The molecule has 112 valence electrons. The second-order valence-electron chi connectivity index (χ2n) is 6.62. The summed E-state index contributed by atoms with van der Waals surface area (Å²) in [4.78, 5) is 0. The molecule has 0 heterocycles. The number of hydrogen-bond donors (Lipinski definition) is 2. The fraction of sp³-hybridized carbons (Fsp3) is 0.667. The molecule has 1 fully saturated rings. The van der Waals surface area contributed by atoms with Crippen molar-refractivity contribution in [1.82, 2.24) is 5.32 Å². The summed E-state index contributed by atoms with van der Waals surface area (Å²) in [6, 6.07) is 4.96. The zero-order valence-electron chi connectivity index (χ0n) is 13.4. The van der Waals surface area contributed by atoms with Crippen LogP contribution in [0.3, 0.4) is 0 Å². The molecule has 0 aromatic heterocycles. The molecule has 0 amide bonds. The average molecular weight is 275 g/mol. The van der Waals surface area contributed by atoms with E-state index < -0.39 is 0 Å². The van der Waals surface area contributed by atoms with Gasteiger partial charge in [-0.05, 0) is 82.5 Å². The van der Waals surface area contributed by atoms with Crippen LogP contribution in [-0.4, -0.2) is 17.8 Å². The largest absolute Gasteiger partial charge is 0.393 e. The first-order chi connectivity index (χ1) is 9.47. The number of hydrogen-bond acceptors (Lipinski definition) is 2. The third-order valence-corrected chi connectivity index (χ3v) is 4.70. The van der Waals surface area contributed by atoms with Gasteiger partial charge >= 0.3 is 0 Å². The predicted molar refractivity (Wildman–Crippen MR) is 85.0 cm³/mol. The number of aryl methyl sites for hydroxylation is 3. The van der Waals surface area contributed by atoms with Crippen LogP contribution in [0.2, 0.25) is 0 Å². The molecule has 0 spiro atoms. The summed E-state index contributed by atoms with van der Waals surface area (Å²) in [6.45, 7) is 9.92. The summed E-state index contributed by atoms with van der Waals surface area (Å²) in [5.74, 6) is 0.729. The molecule has 1 aliphatic carbocycles. The first-order valence-electron chi connectivity index (χ1n) is 7.96. The van der Waals surface area contributed by atoms with E-state index in [-0.39, 0.29) is 6.10 Å². The van der Waals surface area contributed by atoms with Crippen molar-refractivity contribution in [2.24, 2.45) is 5.92 Å². The zero-order valence-corrected chi connectivity index (χ0v) is 13.4. The molecule has 1 saturated carbocycles. The summed E-state index contributed by atoms with van der Waals surface area (Å²) in [6.07, 6.45) is 4.22. The molecule has 20 heavy (non-hydrogen) atoms. The maximum absolute atomic E-state index is 9.56. The van der Waals surface area contributed by atoms with Crippen molar-refractivity contribution < 1.29 is 5.11 Å². The van der Waals surface area contributed by atoms with Crippen molar-refractivity contribution in [1.29, 1.82) is 0 Å². The van der Waals surface area contributed by atoms with E-state index in [1.807, 2.05) is 0 Å². The highest BCUT2D eigenvalue weighted by Crippen LogP contribution is 2.26. The van der Waals surface area contributed by atoms with E-state index in [0.717, 1.165) is 38.1 Å². The lowest BCUT2D eigenvalue weighted by Gasteiger charge is -2.28. The van der Waals surface area contributed by atoms with Gasteiger partial charge in [0.1, 0.15) is 0 Å². The van der Waals surface area contributed by atoms with E-state index in [2.05, 4.69) is 45.1 Å². The summed E-state index contributed by atoms with van der Waals surface area (Å²) in [7, 11) is 0. The highest BCUT2D eigenvalue weighted by atomic mass is 16.3. The minimum atomic E-state index is -0.0507. The topological polar surface area (TPSA) is 32.3 Å². The van der Waals surface area contributed by atoms with Crippen molar-refractivity contribution in [2.45, 2.75) is 65.5 Å². The SMILES string of the molecule is Cc1cc(C)c(C(C)NCC2CCC(O)CC2)c(C)c1. The molecular formula is C18H29NO. The highest BCUT2D eigenvalue weighted by molar-refractivity contribution is 5.39. The van der Waals surface area contributed by atoms with Gasteiger partial charge < -0.3 is 10.4 Å². The Morgan fingerprint density at radius 3 is 2.20 bits per heavy atom. The standard InChI is InChI=1S/C18H29NO/c1-12-9-13(2)18(14(3)10-12)15(4)19-11-16-5-7-17(20)8-6-16/h9-10,15-17,19-20H,5-8,11H2,1-4H3. The van der Waals surface area contributed by atoms with Crippen molar-refractivity contribution in [3.63, 3.8) is 0 Å². The fourth-order valence-corrected chi connectivity index (χ4v) is 3.67. The Morgan fingerprint density at radius 1 is 1.10 bits per heavy atom. The van der Waals surface area contributed by atoms with Crippen molar-refractivity contribution in [3.8, 4) is 0 Å². The van der Waals surface area contributed by atoms with Gasteiger partial charge in [0, 0.05) is 6.04 Å². The van der Waals surface area contributed by atoms with Crippen LogP contribution in [0.15, 0.2) is 12.1 Å². The third-order valence-electron chi connectivity index (χ3n) is 4.70. The second-order valence-corrected chi connectivity index (χ2v) is 6.62. The molecule has 2 N–H and O–H groups in total. The van der Waals surface area contributed by atoms with Crippen LogP contribution >= 0.6 is 0 Å². The van der Waals surface area contributed by atoms with Crippen molar-refractivity contribution in [3.05, 3.63) is 34.4 Å². The maximum atomic E-state index is 9.56. The van der Waals surface area contributed by atoms with E-state index in [1.54, 1.807) is 0 Å². The Kier molecular flexibility index (Phi) is 5.22.